The van der Waals surface area contributed by atoms with Crippen LogP contribution >= 0.6 is 23.1 Å². The molecule has 1 unspecified atom stereocenters. The van der Waals surface area contributed by atoms with E-state index in [0.717, 1.165) is 66.3 Å². The lowest BCUT2D eigenvalue weighted by atomic mass is 9.88. The summed E-state index contributed by atoms with van der Waals surface area (Å²) in [5.41, 5.74) is 3.48. The maximum atomic E-state index is 12.6. The number of esters is 1. The summed E-state index contributed by atoms with van der Waals surface area (Å²) in [5, 5.41) is 3.72. The highest BCUT2D eigenvalue weighted by Gasteiger charge is 2.22. The number of ether oxygens (including phenoxy) is 1. The minimum absolute atomic E-state index is 0.0359. The molecule has 0 saturated carbocycles. The second-order valence-corrected chi connectivity index (χ2v) is 10.8. The molecule has 1 atom stereocenters. The Morgan fingerprint density at radius 2 is 2.03 bits per heavy atom. The molecule has 2 aliphatic carbocycles. The van der Waals surface area contributed by atoms with Crippen molar-refractivity contribution in [2.75, 3.05) is 12.4 Å². The molecule has 2 heterocycles. The van der Waals surface area contributed by atoms with Gasteiger partial charge >= 0.3 is 5.97 Å². The molecule has 3 aromatic rings. The number of hydrogen-bond donors (Lipinski definition) is 2. The van der Waals surface area contributed by atoms with Crippen molar-refractivity contribution in [1.82, 2.24) is 15.3 Å². The number of H-pyrrole nitrogens is 1. The zero-order chi connectivity index (χ0) is 23.5. The normalized spacial score (nSPS) is 17.1. The van der Waals surface area contributed by atoms with E-state index < -0.39 is 5.97 Å². The summed E-state index contributed by atoms with van der Waals surface area (Å²) in [6, 6.07) is 8.10. The van der Waals surface area contributed by atoms with Crippen molar-refractivity contribution in [3.8, 4) is 0 Å². The molecule has 34 heavy (non-hydrogen) atoms. The molecular formula is C25H27N3O4S2. The van der Waals surface area contributed by atoms with Crippen LogP contribution in [0.15, 0.2) is 29.1 Å². The second-order valence-electron chi connectivity index (χ2n) is 8.77. The van der Waals surface area contributed by atoms with Gasteiger partial charge in [-0.05, 0) is 61.6 Å². The van der Waals surface area contributed by atoms with Crippen molar-refractivity contribution < 1.29 is 14.3 Å². The van der Waals surface area contributed by atoms with E-state index in [-0.39, 0.29) is 29.9 Å². The molecule has 0 fully saturated rings. The summed E-state index contributed by atoms with van der Waals surface area (Å²) in [4.78, 5) is 46.6. The number of nitrogens with one attached hydrogen (secondary N) is 2. The van der Waals surface area contributed by atoms with E-state index in [1.165, 1.54) is 22.2 Å². The minimum atomic E-state index is -0.459. The number of carbonyl (C=O) groups excluding carboxylic acids is 2. The predicted octanol–water partition coefficient (Wildman–Crippen LogP) is 3.83. The zero-order valence-corrected chi connectivity index (χ0v) is 20.5. The third-order valence-corrected chi connectivity index (χ3v) is 8.50. The Bertz CT molecular complexity index is 1280. The Balaban J connectivity index is 1.09. The molecule has 2 N–H and O–H groups in total. The monoisotopic (exact) mass is 497 g/mol. The van der Waals surface area contributed by atoms with Crippen LogP contribution in [0.4, 0.5) is 0 Å². The maximum absolute atomic E-state index is 12.6. The van der Waals surface area contributed by atoms with Crippen LogP contribution in [0.25, 0.3) is 10.2 Å². The number of aromatic amines is 1. The van der Waals surface area contributed by atoms with Crippen LogP contribution in [0.5, 0.6) is 0 Å². The first-order valence-corrected chi connectivity index (χ1v) is 13.7. The van der Waals surface area contributed by atoms with Gasteiger partial charge in [0.05, 0.1) is 22.9 Å². The first-order valence-electron chi connectivity index (χ1n) is 11.7. The molecule has 7 nitrogen and oxygen atoms in total. The third kappa shape index (κ3) is 5.05. The van der Waals surface area contributed by atoms with E-state index in [1.54, 1.807) is 11.3 Å². The standard InChI is InChI=1S/C25H27N3O4S2/c29-21(26-18-10-5-7-15-6-1-2-8-16(15)18)12-32-22(30)14-33-13-20-27-24(31)23-17-9-3-4-11-19(17)34-25(23)28-20/h1-2,6,8,18H,3-5,7,9-14H2,(H,26,29)(H,27,28,31). The number of fused-ring (bicyclic) bond motifs is 4. The van der Waals surface area contributed by atoms with E-state index in [1.807, 2.05) is 18.2 Å². The molecule has 1 aromatic carbocycles. The number of aromatic nitrogens is 2. The van der Waals surface area contributed by atoms with Crippen LogP contribution in [0.1, 0.15) is 59.1 Å². The largest absolute Gasteiger partial charge is 0.455 e. The van der Waals surface area contributed by atoms with Crippen LogP contribution in [0.3, 0.4) is 0 Å². The fourth-order valence-electron chi connectivity index (χ4n) is 4.84. The molecule has 0 spiro atoms. The Morgan fingerprint density at radius 1 is 1.18 bits per heavy atom. The number of amides is 1. The quantitative estimate of drug-likeness (QED) is 0.481. The highest BCUT2D eigenvalue weighted by atomic mass is 32.2. The van der Waals surface area contributed by atoms with Crippen LogP contribution in [-0.2, 0) is 39.3 Å². The molecule has 5 rings (SSSR count). The van der Waals surface area contributed by atoms with Crippen molar-refractivity contribution in [2.24, 2.45) is 0 Å². The first kappa shape index (κ1) is 23.1. The van der Waals surface area contributed by atoms with Crippen molar-refractivity contribution in [3.63, 3.8) is 0 Å². The Kier molecular flexibility index (Phi) is 7.01. The average molecular weight is 498 g/mol. The van der Waals surface area contributed by atoms with Gasteiger partial charge in [0, 0.05) is 4.88 Å². The van der Waals surface area contributed by atoms with Gasteiger partial charge in [-0.3, -0.25) is 14.4 Å². The predicted molar refractivity (Wildman–Crippen MR) is 134 cm³/mol. The maximum Gasteiger partial charge on any atom is 0.316 e. The van der Waals surface area contributed by atoms with Gasteiger partial charge in [0.1, 0.15) is 10.7 Å². The van der Waals surface area contributed by atoms with Gasteiger partial charge in [-0.1, -0.05) is 24.3 Å². The molecule has 0 aliphatic heterocycles. The van der Waals surface area contributed by atoms with E-state index in [0.29, 0.717) is 11.6 Å². The van der Waals surface area contributed by atoms with Crippen molar-refractivity contribution in [2.45, 2.75) is 56.7 Å². The average Bonchev–Trinajstić information content (AvgIpc) is 3.22. The van der Waals surface area contributed by atoms with Crippen LogP contribution in [-0.4, -0.2) is 34.2 Å². The van der Waals surface area contributed by atoms with E-state index in [9.17, 15) is 14.4 Å². The van der Waals surface area contributed by atoms with Gasteiger partial charge in [-0.25, -0.2) is 4.98 Å². The molecule has 1 amide bonds. The number of nitrogens with zero attached hydrogens (tertiary/aromatic N) is 1. The minimum Gasteiger partial charge on any atom is -0.455 e. The lowest BCUT2D eigenvalue weighted by Gasteiger charge is -2.26. The van der Waals surface area contributed by atoms with Gasteiger partial charge in [-0.2, -0.15) is 0 Å². The first-order chi connectivity index (χ1) is 16.6. The number of aryl methyl sites for hydroxylation is 3. The number of carbonyl (C=O) groups is 2. The van der Waals surface area contributed by atoms with Gasteiger partial charge in [0.2, 0.25) is 0 Å². The van der Waals surface area contributed by atoms with Crippen molar-refractivity contribution in [1.29, 1.82) is 0 Å². The highest BCUT2D eigenvalue weighted by Crippen LogP contribution is 2.33. The molecule has 178 valence electrons. The summed E-state index contributed by atoms with van der Waals surface area (Å²) in [6.45, 7) is -0.292. The Hall–Kier alpha value is -2.65. The third-order valence-electron chi connectivity index (χ3n) is 6.40. The topological polar surface area (TPSA) is 101 Å². The molecule has 0 bridgehead atoms. The van der Waals surface area contributed by atoms with Crippen molar-refractivity contribution in [3.05, 3.63) is 62.0 Å². The lowest BCUT2D eigenvalue weighted by Crippen LogP contribution is -2.34. The summed E-state index contributed by atoms with van der Waals surface area (Å²) in [7, 11) is 0. The summed E-state index contributed by atoms with van der Waals surface area (Å²) < 4.78 is 5.16. The Labute approximate surface area is 205 Å². The molecule has 9 heteroatoms. The van der Waals surface area contributed by atoms with Crippen molar-refractivity contribution >= 4 is 45.2 Å². The number of benzene rings is 1. The summed E-state index contributed by atoms with van der Waals surface area (Å²) >= 11 is 2.92. The van der Waals surface area contributed by atoms with Crippen LogP contribution in [0, 0.1) is 0 Å². The SMILES string of the molecule is O=C(COC(=O)CSCc1nc2sc3c(c2c(=O)[nH]1)CCCC3)NC1CCCc2ccccc21. The number of rotatable bonds is 7. The van der Waals surface area contributed by atoms with Gasteiger partial charge in [0.25, 0.3) is 11.5 Å². The van der Waals surface area contributed by atoms with Gasteiger partial charge < -0.3 is 15.0 Å². The highest BCUT2D eigenvalue weighted by molar-refractivity contribution is 7.99. The number of thiophene rings is 1. The number of hydrogen-bond acceptors (Lipinski definition) is 7. The second kappa shape index (κ2) is 10.3. The van der Waals surface area contributed by atoms with Crippen LogP contribution in [0.2, 0.25) is 0 Å². The van der Waals surface area contributed by atoms with E-state index >= 15 is 0 Å². The number of thioether (sulfide) groups is 1. The molecule has 2 aromatic heterocycles. The molecule has 0 saturated heterocycles. The summed E-state index contributed by atoms with van der Waals surface area (Å²) in [5.74, 6) is 0.288. The van der Waals surface area contributed by atoms with Gasteiger partial charge in [-0.15, -0.1) is 23.1 Å². The Morgan fingerprint density at radius 3 is 2.94 bits per heavy atom. The van der Waals surface area contributed by atoms with E-state index in [2.05, 4.69) is 21.4 Å². The van der Waals surface area contributed by atoms with E-state index in [4.69, 9.17) is 4.74 Å². The summed E-state index contributed by atoms with van der Waals surface area (Å²) in [6.07, 6.45) is 7.17. The molecular weight excluding hydrogens is 470 g/mol. The van der Waals surface area contributed by atoms with Gasteiger partial charge in [0.15, 0.2) is 6.61 Å². The fraction of sp³-hybridized carbons (Fsp3) is 0.440. The van der Waals surface area contributed by atoms with Crippen LogP contribution < -0.4 is 10.9 Å². The molecule has 0 radical (unpaired) electrons. The fourth-order valence-corrected chi connectivity index (χ4v) is 6.80. The lowest BCUT2D eigenvalue weighted by molar-refractivity contribution is -0.146. The smallest absolute Gasteiger partial charge is 0.316 e. The molecule has 2 aliphatic rings. The zero-order valence-electron chi connectivity index (χ0n) is 18.9.